The standard InChI is InChI=1S/C27H22F3NO4/c1-16-12-19(10-11-24(16)35-34-18(3)32)15-33-21-7-4-6-20(13-21)25-17(2)14-31-26-22(25)8-5-9-23(26)27(28,29)30/h4-14H,15H2,1-3H3. The SMILES string of the molecule is CC(=O)OOc1ccc(COc2cccc(-c3c(C)cnc4c(C(F)(F)F)cccc34)c2)cc1C. The summed E-state index contributed by atoms with van der Waals surface area (Å²) in [5, 5.41) is 0.427. The molecule has 0 saturated heterocycles. The molecule has 8 heteroatoms. The number of alkyl halides is 3. The smallest absolute Gasteiger partial charge is 0.418 e. The molecule has 4 rings (SSSR count). The average Bonchev–Trinajstić information content (AvgIpc) is 2.81. The van der Waals surface area contributed by atoms with Crippen LogP contribution in [0.2, 0.25) is 0 Å². The monoisotopic (exact) mass is 481 g/mol. The second-order valence-electron chi connectivity index (χ2n) is 8.09. The molecule has 4 aromatic rings. The van der Waals surface area contributed by atoms with Crippen LogP contribution in [0, 0.1) is 13.8 Å². The number of ether oxygens (including phenoxy) is 1. The Kier molecular flexibility index (Phi) is 6.64. The molecule has 180 valence electrons. The minimum atomic E-state index is -4.50. The molecule has 0 unspecified atom stereocenters. The van der Waals surface area contributed by atoms with Crippen LogP contribution in [0.5, 0.6) is 11.5 Å². The fourth-order valence-corrected chi connectivity index (χ4v) is 3.84. The van der Waals surface area contributed by atoms with Gasteiger partial charge in [0.1, 0.15) is 12.4 Å². The Labute approximate surface area is 200 Å². The molecular formula is C27H22F3NO4. The number of carbonyl (C=O) groups excluding carboxylic acids is 1. The summed E-state index contributed by atoms with van der Waals surface area (Å²) in [6.45, 7) is 5.14. The number of hydrogen-bond donors (Lipinski definition) is 0. The molecule has 0 aliphatic heterocycles. The molecule has 35 heavy (non-hydrogen) atoms. The molecule has 5 nitrogen and oxygen atoms in total. The van der Waals surface area contributed by atoms with Crippen molar-refractivity contribution in [1.82, 2.24) is 4.98 Å². The fraction of sp³-hybridized carbons (Fsp3) is 0.185. The molecule has 0 spiro atoms. The number of nitrogens with zero attached hydrogens (tertiary/aromatic N) is 1. The maximum absolute atomic E-state index is 13.5. The second kappa shape index (κ2) is 9.66. The number of aryl methyl sites for hydroxylation is 2. The first kappa shape index (κ1) is 24.1. The highest BCUT2D eigenvalue weighted by Gasteiger charge is 2.33. The van der Waals surface area contributed by atoms with E-state index in [9.17, 15) is 18.0 Å². The lowest BCUT2D eigenvalue weighted by Gasteiger charge is -2.15. The highest BCUT2D eigenvalue weighted by atomic mass is 19.4. The molecule has 0 bridgehead atoms. The van der Waals surface area contributed by atoms with Crippen LogP contribution in [0.15, 0.2) is 66.9 Å². The van der Waals surface area contributed by atoms with Gasteiger partial charge in [-0.15, -0.1) is 0 Å². The average molecular weight is 481 g/mol. The van der Waals surface area contributed by atoms with Crippen molar-refractivity contribution in [2.45, 2.75) is 33.6 Å². The first-order chi connectivity index (χ1) is 16.6. The van der Waals surface area contributed by atoms with Crippen LogP contribution in [0.3, 0.4) is 0 Å². The quantitative estimate of drug-likeness (QED) is 0.220. The van der Waals surface area contributed by atoms with E-state index in [1.54, 1.807) is 36.4 Å². The van der Waals surface area contributed by atoms with Crippen LogP contribution in [0.1, 0.15) is 29.2 Å². The number of pyridine rings is 1. The third-order valence-electron chi connectivity index (χ3n) is 5.41. The predicted octanol–water partition coefficient (Wildman–Crippen LogP) is 6.97. The molecule has 0 amide bonds. The number of benzene rings is 3. The first-order valence-corrected chi connectivity index (χ1v) is 10.8. The number of para-hydroxylation sites is 1. The van der Waals surface area contributed by atoms with Crippen molar-refractivity contribution in [3.8, 4) is 22.6 Å². The fourth-order valence-electron chi connectivity index (χ4n) is 3.84. The zero-order valence-corrected chi connectivity index (χ0v) is 19.3. The van der Waals surface area contributed by atoms with Crippen molar-refractivity contribution in [1.29, 1.82) is 0 Å². The van der Waals surface area contributed by atoms with E-state index in [4.69, 9.17) is 9.62 Å². The number of hydrogen-bond acceptors (Lipinski definition) is 5. The van der Waals surface area contributed by atoms with Gasteiger partial charge >= 0.3 is 12.1 Å². The van der Waals surface area contributed by atoms with E-state index >= 15 is 0 Å². The van der Waals surface area contributed by atoms with E-state index in [1.807, 2.05) is 26.0 Å². The lowest BCUT2D eigenvalue weighted by Crippen LogP contribution is -2.07. The van der Waals surface area contributed by atoms with Gasteiger partial charge in [-0.2, -0.15) is 13.2 Å². The van der Waals surface area contributed by atoms with Crippen LogP contribution in [0.25, 0.3) is 22.0 Å². The molecular weight excluding hydrogens is 459 g/mol. The largest absolute Gasteiger partial charge is 0.489 e. The lowest BCUT2D eigenvalue weighted by atomic mass is 9.95. The maximum Gasteiger partial charge on any atom is 0.418 e. The van der Waals surface area contributed by atoms with Gasteiger partial charge in [0.2, 0.25) is 0 Å². The van der Waals surface area contributed by atoms with Crippen LogP contribution in [0.4, 0.5) is 13.2 Å². The predicted molar refractivity (Wildman–Crippen MR) is 125 cm³/mol. The molecule has 0 atom stereocenters. The van der Waals surface area contributed by atoms with Gasteiger partial charge in [-0.05, 0) is 72.0 Å². The van der Waals surface area contributed by atoms with Crippen molar-refractivity contribution in [3.63, 3.8) is 0 Å². The van der Waals surface area contributed by atoms with E-state index in [2.05, 4.69) is 9.87 Å². The van der Waals surface area contributed by atoms with Gasteiger partial charge in [-0.3, -0.25) is 14.8 Å². The molecule has 0 aliphatic carbocycles. The van der Waals surface area contributed by atoms with E-state index in [1.165, 1.54) is 19.2 Å². The molecule has 0 aliphatic rings. The van der Waals surface area contributed by atoms with Gasteiger partial charge in [0, 0.05) is 18.5 Å². The van der Waals surface area contributed by atoms with Gasteiger partial charge in [-0.25, -0.2) is 4.79 Å². The number of rotatable bonds is 6. The topological polar surface area (TPSA) is 57.7 Å². The number of aromatic nitrogens is 1. The lowest BCUT2D eigenvalue weighted by molar-refractivity contribution is -0.211. The normalized spacial score (nSPS) is 11.4. The van der Waals surface area contributed by atoms with Crippen molar-refractivity contribution in [2.24, 2.45) is 0 Å². The third-order valence-corrected chi connectivity index (χ3v) is 5.41. The Morgan fingerprint density at radius 1 is 0.971 bits per heavy atom. The summed E-state index contributed by atoms with van der Waals surface area (Å²) in [5.74, 6) is 0.435. The molecule has 0 radical (unpaired) electrons. The van der Waals surface area contributed by atoms with E-state index in [-0.39, 0.29) is 12.1 Å². The van der Waals surface area contributed by atoms with Crippen LogP contribution in [-0.4, -0.2) is 11.0 Å². The molecule has 1 heterocycles. The zero-order chi connectivity index (χ0) is 25.2. The van der Waals surface area contributed by atoms with Crippen molar-refractivity contribution in [2.75, 3.05) is 0 Å². The van der Waals surface area contributed by atoms with Gasteiger partial charge in [0.05, 0.1) is 11.1 Å². The number of fused-ring (bicyclic) bond motifs is 1. The molecule has 0 N–H and O–H groups in total. The summed E-state index contributed by atoms with van der Waals surface area (Å²) in [6, 6.07) is 16.6. The zero-order valence-electron chi connectivity index (χ0n) is 19.3. The molecule has 3 aromatic carbocycles. The number of halogens is 3. The second-order valence-corrected chi connectivity index (χ2v) is 8.09. The summed E-state index contributed by atoms with van der Waals surface area (Å²) in [6.07, 6.45) is -3.04. The molecule has 0 fully saturated rings. The Morgan fingerprint density at radius 2 is 1.74 bits per heavy atom. The van der Waals surface area contributed by atoms with E-state index < -0.39 is 17.7 Å². The summed E-state index contributed by atoms with van der Waals surface area (Å²) in [4.78, 5) is 24.6. The Hall–Kier alpha value is -4.07. The van der Waals surface area contributed by atoms with E-state index in [0.717, 1.165) is 28.3 Å². The van der Waals surface area contributed by atoms with Crippen LogP contribution < -0.4 is 9.62 Å². The molecule has 1 aromatic heterocycles. The Bertz CT molecular complexity index is 1400. The van der Waals surface area contributed by atoms with Gasteiger partial charge in [0.25, 0.3) is 0 Å². The first-order valence-electron chi connectivity index (χ1n) is 10.8. The molecule has 0 saturated carbocycles. The van der Waals surface area contributed by atoms with E-state index in [0.29, 0.717) is 22.4 Å². The van der Waals surface area contributed by atoms with Gasteiger partial charge in [0.15, 0.2) is 5.75 Å². The van der Waals surface area contributed by atoms with Crippen molar-refractivity contribution < 1.29 is 32.5 Å². The van der Waals surface area contributed by atoms with Crippen LogP contribution in [-0.2, 0) is 22.5 Å². The minimum absolute atomic E-state index is 0.0848. The maximum atomic E-state index is 13.5. The highest BCUT2D eigenvalue weighted by molar-refractivity contribution is 5.97. The number of carbonyl (C=O) groups is 1. The van der Waals surface area contributed by atoms with Crippen molar-refractivity contribution >= 4 is 16.9 Å². The Morgan fingerprint density at radius 3 is 2.46 bits per heavy atom. The minimum Gasteiger partial charge on any atom is -0.489 e. The third kappa shape index (κ3) is 5.37. The summed E-state index contributed by atoms with van der Waals surface area (Å²) >= 11 is 0. The van der Waals surface area contributed by atoms with Gasteiger partial charge < -0.3 is 4.74 Å². The highest BCUT2D eigenvalue weighted by Crippen LogP contribution is 2.38. The van der Waals surface area contributed by atoms with Crippen molar-refractivity contribution in [3.05, 3.63) is 89.1 Å². The summed E-state index contributed by atoms with van der Waals surface area (Å²) in [7, 11) is 0. The van der Waals surface area contributed by atoms with Gasteiger partial charge in [-0.1, -0.05) is 30.3 Å². The Balaban J connectivity index is 1.60. The summed E-state index contributed by atoms with van der Waals surface area (Å²) < 4.78 is 46.5. The summed E-state index contributed by atoms with van der Waals surface area (Å²) in [5.41, 5.74) is 2.94. The van der Waals surface area contributed by atoms with Crippen LogP contribution >= 0.6 is 0 Å².